The minimum atomic E-state index is 0.204. The summed E-state index contributed by atoms with van der Waals surface area (Å²) < 4.78 is 5.74. The Morgan fingerprint density at radius 2 is 2.00 bits per heavy atom. The van der Waals surface area contributed by atoms with Gasteiger partial charge in [-0.2, -0.15) is 0 Å². The van der Waals surface area contributed by atoms with Crippen LogP contribution in [0.2, 0.25) is 0 Å². The molecule has 0 fully saturated rings. The van der Waals surface area contributed by atoms with Gasteiger partial charge in [0.05, 0.1) is 12.1 Å². The van der Waals surface area contributed by atoms with E-state index in [9.17, 15) is 0 Å². The monoisotopic (exact) mass is 261 g/mol. The topological polar surface area (TPSA) is 21.3 Å². The summed E-state index contributed by atoms with van der Waals surface area (Å²) in [5, 5.41) is 5.46. The molecule has 96 valence electrons. The molecule has 1 aromatic heterocycles. The molecule has 1 unspecified atom stereocenters. The van der Waals surface area contributed by atoms with E-state index in [0.29, 0.717) is 0 Å². The molecule has 1 N–H and O–H groups in total. The molecule has 2 rings (SSSR count). The van der Waals surface area contributed by atoms with Crippen molar-refractivity contribution in [3.8, 4) is 5.75 Å². The SMILES string of the molecule is CNC(c1cccc(OC(C)C)c1)c1cccs1. The average molecular weight is 261 g/mol. The van der Waals surface area contributed by atoms with Gasteiger partial charge in [-0.05, 0) is 50.0 Å². The van der Waals surface area contributed by atoms with Gasteiger partial charge < -0.3 is 10.1 Å². The molecule has 0 aliphatic carbocycles. The first kappa shape index (κ1) is 13.1. The summed E-state index contributed by atoms with van der Waals surface area (Å²) in [6.45, 7) is 4.09. The molecule has 0 aliphatic rings. The van der Waals surface area contributed by atoms with Crippen LogP contribution in [0.25, 0.3) is 0 Å². The van der Waals surface area contributed by atoms with Gasteiger partial charge in [0, 0.05) is 4.88 Å². The Hall–Kier alpha value is -1.32. The second-order valence-electron chi connectivity index (χ2n) is 4.48. The third kappa shape index (κ3) is 3.12. The molecule has 1 heterocycles. The summed E-state index contributed by atoms with van der Waals surface area (Å²) in [4.78, 5) is 1.32. The molecule has 2 aromatic rings. The molecule has 2 nitrogen and oxygen atoms in total. The van der Waals surface area contributed by atoms with E-state index < -0.39 is 0 Å². The molecule has 0 bridgehead atoms. The molecule has 0 amide bonds. The summed E-state index contributed by atoms with van der Waals surface area (Å²) in [5.74, 6) is 0.930. The van der Waals surface area contributed by atoms with Crippen molar-refractivity contribution < 1.29 is 4.74 Å². The maximum atomic E-state index is 5.74. The van der Waals surface area contributed by atoms with Crippen LogP contribution in [-0.4, -0.2) is 13.2 Å². The molecular weight excluding hydrogens is 242 g/mol. The lowest BCUT2D eigenvalue weighted by Crippen LogP contribution is -2.16. The molecule has 18 heavy (non-hydrogen) atoms. The van der Waals surface area contributed by atoms with Crippen LogP contribution in [-0.2, 0) is 0 Å². The summed E-state index contributed by atoms with van der Waals surface area (Å²) in [7, 11) is 1.99. The standard InChI is InChI=1S/C15H19NOS/c1-11(2)17-13-7-4-6-12(10-13)15(16-3)14-8-5-9-18-14/h4-11,15-16H,1-3H3. The predicted octanol–water partition coefficient (Wildman–Crippen LogP) is 3.84. The maximum Gasteiger partial charge on any atom is 0.120 e. The average Bonchev–Trinajstić information content (AvgIpc) is 2.83. The number of rotatable bonds is 5. The Morgan fingerprint density at radius 1 is 1.17 bits per heavy atom. The van der Waals surface area contributed by atoms with Crippen molar-refractivity contribution in [1.29, 1.82) is 0 Å². The Bertz CT molecular complexity index is 479. The third-order valence-electron chi connectivity index (χ3n) is 2.68. The van der Waals surface area contributed by atoms with Crippen LogP contribution in [0.15, 0.2) is 41.8 Å². The van der Waals surface area contributed by atoms with Gasteiger partial charge in [-0.3, -0.25) is 0 Å². The largest absolute Gasteiger partial charge is 0.491 e. The van der Waals surface area contributed by atoms with Crippen molar-refractivity contribution in [2.24, 2.45) is 0 Å². The molecule has 0 aliphatic heterocycles. The van der Waals surface area contributed by atoms with Gasteiger partial charge >= 0.3 is 0 Å². The van der Waals surface area contributed by atoms with E-state index in [4.69, 9.17) is 4.74 Å². The van der Waals surface area contributed by atoms with E-state index in [1.165, 1.54) is 10.4 Å². The van der Waals surface area contributed by atoms with E-state index in [-0.39, 0.29) is 12.1 Å². The van der Waals surface area contributed by atoms with Crippen LogP contribution in [0.5, 0.6) is 5.75 Å². The van der Waals surface area contributed by atoms with Crippen molar-refractivity contribution in [1.82, 2.24) is 5.32 Å². The highest BCUT2D eigenvalue weighted by molar-refractivity contribution is 7.10. The van der Waals surface area contributed by atoms with Crippen LogP contribution in [0, 0.1) is 0 Å². The summed E-state index contributed by atoms with van der Waals surface area (Å²) >= 11 is 1.77. The highest BCUT2D eigenvalue weighted by Gasteiger charge is 2.13. The molecule has 0 radical (unpaired) electrons. The predicted molar refractivity (Wildman–Crippen MR) is 77.4 cm³/mol. The number of ether oxygens (including phenoxy) is 1. The third-order valence-corrected chi connectivity index (χ3v) is 3.62. The minimum absolute atomic E-state index is 0.204. The molecule has 1 aromatic carbocycles. The fraction of sp³-hybridized carbons (Fsp3) is 0.333. The lowest BCUT2D eigenvalue weighted by Gasteiger charge is -2.17. The molecule has 0 saturated carbocycles. The van der Waals surface area contributed by atoms with Gasteiger partial charge in [0.1, 0.15) is 5.75 Å². The lowest BCUT2D eigenvalue weighted by atomic mass is 10.1. The van der Waals surface area contributed by atoms with E-state index in [1.807, 2.05) is 33.0 Å². The zero-order valence-electron chi connectivity index (χ0n) is 11.0. The first-order valence-corrected chi connectivity index (χ1v) is 7.06. The second kappa shape index (κ2) is 6.03. The van der Waals surface area contributed by atoms with Gasteiger partial charge in [0.15, 0.2) is 0 Å². The van der Waals surface area contributed by atoms with E-state index in [2.05, 4.69) is 35.0 Å². The van der Waals surface area contributed by atoms with Crippen molar-refractivity contribution in [2.75, 3.05) is 7.05 Å². The maximum absolute atomic E-state index is 5.74. The van der Waals surface area contributed by atoms with E-state index in [0.717, 1.165) is 5.75 Å². The van der Waals surface area contributed by atoms with Gasteiger partial charge in [-0.1, -0.05) is 18.2 Å². The number of benzene rings is 1. The van der Waals surface area contributed by atoms with Gasteiger partial charge in [-0.25, -0.2) is 0 Å². The van der Waals surface area contributed by atoms with Gasteiger partial charge in [-0.15, -0.1) is 11.3 Å². The van der Waals surface area contributed by atoms with Gasteiger partial charge in [0.2, 0.25) is 0 Å². The van der Waals surface area contributed by atoms with E-state index in [1.54, 1.807) is 11.3 Å². The quantitative estimate of drug-likeness (QED) is 0.883. The Labute approximate surface area is 113 Å². The molecule has 0 saturated heterocycles. The number of nitrogens with one attached hydrogen (secondary N) is 1. The Morgan fingerprint density at radius 3 is 2.61 bits per heavy atom. The van der Waals surface area contributed by atoms with Crippen LogP contribution in [0.3, 0.4) is 0 Å². The first-order chi connectivity index (χ1) is 8.70. The normalized spacial score (nSPS) is 12.7. The van der Waals surface area contributed by atoms with Crippen molar-refractivity contribution in [2.45, 2.75) is 26.0 Å². The van der Waals surface area contributed by atoms with Crippen molar-refractivity contribution in [3.05, 3.63) is 52.2 Å². The molecule has 3 heteroatoms. The number of hydrogen-bond acceptors (Lipinski definition) is 3. The smallest absolute Gasteiger partial charge is 0.120 e. The summed E-state index contributed by atoms with van der Waals surface area (Å²) in [6, 6.07) is 12.8. The lowest BCUT2D eigenvalue weighted by molar-refractivity contribution is 0.242. The Balaban J connectivity index is 2.26. The van der Waals surface area contributed by atoms with Gasteiger partial charge in [0.25, 0.3) is 0 Å². The summed E-state index contributed by atoms with van der Waals surface area (Å²) in [5.41, 5.74) is 1.23. The fourth-order valence-electron chi connectivity index (χ4n) is 1.97. The first-order valence-electron chi connectivity index (χ1n) is 6.18. The highest BCUT2D eigenvalue weighted by Crippen LogP contribution is 2.28. The summed E-state index contributed by atoms with van der Waals surface area (Å²) in [6.07, 6.45) is 0.204. The zero-order chi connectivity index (χ0) is 13.0. The van der Waals surface area contributed by atoms with Crippen molar-refractivity contribution in [3.63, 3.8) is 0 Å². The van der Waals surface area contributed by atoms with Crippen LogP contribution >= 0.6 is 11.3 Å². The molecular formula is C15H19NOS. The highest BCUT2D eigenvalue weighted by atomic mass is 32.1. The molecule has 0 spiro atoms. The van der Waals surface area contributed by atoms with Crippen molar-refractivity contribution >= 4 is 11.3 Å². The second-order valence-corrected chi connectivity index (χ2v) is 5.46. The zero-order valence-corrected chi connectivity index (χ0v) is 11.8. The molecule has 1 atom stereocenters. The van der Waals surface area contributed by atoms with E-state index >= 15 is 0 Å². The minimum Gasteiger partial charge on any atom is -0.491 e. The number of thiophene rings is 1. The van der Waals surface area contributed by atoms with Crippen LogP contribution < -0.4 is 10.1 Å². The fourth-order valence-corrected chi connectivity index (χ4v) is 2.83. The van der Waals surface area contributed by atoms with Crippen LogP contribution in [0.4, 0.5) is 0 Å². The number of hydrogen-bond donors (Lipinski definition) is 1. The van der Waals surface area contributed by atoms with Crippen LogP contribution in [0.1, 0.15) is 30.3 Å². The Kier molecular flexibility index (Phi) is 4.39.